The summed E-state index contributed by atoms with van der Waals surface area (Å²) >= 11 is 6.30. The number of halogens is 1. The second kappa shape index (κ2) is 7.20. The maximum Gasteiger partial charge on any atom is 0.259 e. The minimum absolute atomic E-state index is 0.183. The molecule has 0 saturated heterocycles. The topological polar surface area (TPSA) is 60.9 Å². The predicted octanol–water partition coefficient (Wildman–Crippen LogP) is 4.12. The highest BCUT2D eigenvalue weighted by molar-refractivity contribution is 6.35. The molecule has 144 valence electrons. The van der Waals surface area contributed by atoms with E-state index in [9.17, 15) is 4.79 Å². The Bertz CT molecular complexity index is 1060. The Kier molecular flexibility index (Phi) is 4.73. The zero-order valence-corrected chi connectivity index (χ0v) is 16.5. The highest BCUT2D eigenvalue weighted by Gasteiger charge is 2.29. The van der Waals surface area contributed by atoms with E-state index in [-0.39, 0.29) is 5.91 Å². The molecule has 0 fully saturated rings. The maximum atomic E-state index is 13.3. The molecule has 0 atom stereocenters. The van der Waals surface area contributed by atoms with E-state index >= 15 is 0 Å². The summed E-state index contributed by atoms with van der Waals surface area (Å²) in [4.78, 5) is 19.6. The van der Waals surface area contributed by atoms with Gasteiger partial charge >= 0.3 is 0 Å². The summed E-state index contributed by atoms with van der Waals surface area (Å²) in [5.41, 5.74) is 2.14. The van der Waals surface area contributed by atoms with Crippen LogP contribution in [0.15, 0.2) is 36.4 Å². The monoisotopic (exact) mass is 398 g/mol. The van der Waals surface area contributed by atoms with Crippen LogP contribution < -0.4 is 19.1 Å². The van der Waals surface area contributed by atoms with Crippen molar-refractivity contribution in [3.63, 3.8) is 0 Å². The second-order valence-corrected chi connectivity index (χ2v) is 6.81. The number of ether oxygens (including phenoxy) is 3. The van der Waals surface area contributed by atoms with Crippen LogP contribution in [0.5, 0.6) is 17.2 Å². The number of pyridine rings is 1. The van der Waals surface area contributed by atoms with Crippen LogP contribution in [0, 0.1) is 0 Å². The van der Waals surface area contributed by atoms with Crippen molar-refractivity contribution in [2.24, 2.45) is 0 Å². The molecule has 0 aliphatic carbocycles. The summed E-state index contributed by atoms with van der Waals surface area (Å²) in [6, 6.07) is 11.0. The van der Waals surface area contributed by atoms with E-state index in [1.54, 1.807) is 23.1 Å². The average Bonchev–Trinajstić information content (AvgIpc) is 3.13. The van der Waals surface area contributed by atoms with E-state index in [0.29, 0.717) is 45.7 Å². The number of hydrogen-bond acceptors (Lipinski definition) is 5. The van der Waals surface area contributed by atoms with Gasteiger partial charge in [0, 0.05) is 17.5 Å². The van der Waals surface area contributed by atoms with E-state index in [1.165, 1.54) is 21.3 Å². The number of amides is 1. The third kappa shape index (κ3) is 2.90. The SMILES string of the molecule is COc1cc(C(=O)N2CCc3cc4cccc(Cl)c4nc32)cc(OC)c1OC. The Labute approximate surface area is 167 Å². The molecule has 7 heteroatoms. The maximum absolute atomic E-state index is 13.3. The van der Waals surface area contributed by atoms with Crippen molar-refractivity contribution < 1.29 is 19.0 Å². The number of anilines is 1. The summed E-state index contributed by atoms with van der Waals surface area (Å²) in [5, 5.41) is 1.53. The van der Waals surface area contributed by atoms with Gasteiger partial charge in [-0.25, -0.2) is 4.98 Å². The van der Waals surface area contributed by atoms with Crippen LogP contribution in [-0.4, -0.2) is 38.8 Å². The van der Waals surface area contributed by atoms with Gasteiger partial charge < -0.3 is 14.2 Å². The Balaban J connectivity index is 1.78. The third-order valence-corrected chi connectivity index (χ3v) is 5.17. The molecule has 0 bridgehead atoms. The van der Waals surface area contributed by atoms with Crippen LogP contribution in [0.4, 0.5) is 5.82 Å². The van der Waals surface area contributed by atoms with Crippen molar-refractivity contribution in [2.75, 3.05) is 32.8 Å². The fourth-order valence-corrected chi connectivity index (χ4v) is 3.73. The summed E-state index contributed by atoms with van der Waals surface area (Å²) in [5.74, 6) is 1.76. The van der Waals surface area contributed by atoms with E-state index in [4.69, 9.17) is 25.8 Å². The molecule has 1 aliphatic rings. The fourth-order valence-electron chi connectivity index (χ4n) is 3.51. The van der Waals surface area contributed by atoms with Crippen LogP contribution in [0.1, 0.15) is 15.9 Å². The number of fused-ring (bicyclic) bond motifs is 2. The van der Waals surface area contributed by atoms with E-state index in [1.807, 2.05) is 18.2 Å². The normalized spacial score (nSPS) is 12.8. The van der Waals surface area contributed by atoms with Crippen molar-refractivity contribution in [1.29, 1.82) is 0 Å². The highest BCUT2D eigenvalue weighted by Crippen LogP contribution is 2.39. The second-order valence-electron chi connectivity index (χ2n) is 6.40. The first kappa shape index (κ1) is 18.4. The molecule has 1 amide bonds. The smallest absolute Gasteiger partial charge is 0.259 e. The van der Waals surface area contributed by atoms with E-state index < -0.39 is 0 Å². The molecule has 1 aliphatic heterocycles. The van der Waals surface area contributed by atoms with Crippen LogP contribution in [0.3, 0.4) is 0 Å². The van der Waals surface area contributed by atoms with E-state index in [2.05, 4.69) is 4.98 Å². The van der Waals surface area contributed by atoms with Crippen molar-refractivity contribution in [2.45, 2.75) is 6.42 Å². The Morgan fingerprint density at radius 2 is 1.79 bits per heavy atom. The zero-order valence-electron chi connectivity index (χ0n) is 15.8. The number of nitrogens with zero attached hydrogens (tertiary/aromatic N) is 2. The third-order valence-electron chi connectivity index (χ3n) is 4.87. The molecule has 0 saturated carbocycles. The molecular formula is C21H19ClN2O4. The van der Waals surface area contributed by atoms with E-state index in [0.717, 1.165) is 17.4 Å². The van der Waals surface area contributed by atoms with Gasteiger partial charge in [-0.3, -0.25) is 9.69 Å². The number of benzene rings is 2. The van der Waals surface area contributed by atoms with Gasteiger partial charge in [-0.2, -0.15) is 0 Å². The molecule has 6 nitrogen and oxygen atoms in total. The largest absolute Gasteiger partial charge is 0.493 e. The van der Waals surface area contributed by atoms with Crippen LogP contribution >= 0.6 is 11.6 Å². The van der Waals surface area contributed by atoms with Crippen LogP contribution in [-0.2, 0) is 6.42 Å². The lowest BCUT2D eigenvalue weighted by atomic mass is 10.1. The summed E-state index contributed by atoms with van der Waals surface area (Å²) < 4.78 is 16.1. The molecule has 0 N–H and O–H groups in total. The highest BCUT2D eigenvalue weighted by atomic mass is 35.5. The predicted molar refractivity (Wildman–Crippen MR) is 108 cm³/mol. The molecule has 1 aromatic heterocycles. The lowest BCUT2D eigenvalue weighted by Gasteiger charge is -2.19. The van der Waals surface area contributed by atoms with Crippen molar-refractivity contribution >= 4 is 34.2 Å². The summed E-state index contributed by atoms with van der Waals surface area (Å²) in [6.45, 7) is 0.547. The van der Waals surface area contributed by atoms with Gasteiger partial charge in [0.15, 0.2) is 11.5 Å². The fraction of sp³-hybridized carbons (Fsp3) is 0.238. The summed E-state index contributed by atoms with van der Waals surface area (Å²) in [7, 11) is 4.57. The molecule has 0 unspecified atom stereocenters. The Morgan fingerprint density at radius 3 is 2.43 bits per heavy atom. The van der Waals surface area contributed by atoms with Crippen molar-refractivity contribution in [3.8, 4) is 17.2 Å². The van der Waals surface area contributed by atoms with Crippen LogP contribution in [0.25, 0.3) is 10.9 Å². The Hall–Kier alpha value is -2.99. The van der Waals surface area contributed by atoms with Gasteiger partial charge in [0.05, 0.1) is 31.9 Å². The molecule has 2 aromatic carbocycles. The van der Waals surface area contributed by atoms with Gasteiger partial charge in [0.25, 0.3) is 5.91 Å². The van der Waals surface area contributed by atoms with Crippen molar-refractivity contribution in [3.05, 3.63) is 52.5 Å². The number of rotatable bonds is 4. The molecular weight excluding hydrogens is 380 g/mol. The van der Waals surface area contributed by atoms with Gasteiger partial charge in [0.1, 0.15) is 5.82 Å². The molecule has 2 heterocycles. The first-order chi connectivity index (χ1) is 13.6. The van der Waals surface area contributed by atoms with Gasteiger partial charge in [-0.15, -0.1) is 0 Å². The molecule has 0 spiro atoms. The standard InChI is InChI=1S/C21H19ClN2O4/c1-26-16-10-14(11-17(27-2)19(16)28-3)21(25)24-8-7-13-9-12-5-4-6-15(22)18(12)23-20(13)24/h4-6,9-11H,7-8H2,1-3H3. The summed E-state index contributed by atoms with van der Waals surface area (Å²) in [6.07, 6.45) is 0.737. The first-order valence-electron chi connectivity index (χ1n) is 8.77. The number of methoxy groups -OCH3 is 3. The minimum atomic E-state index is -0.183. The molecule has 28 heavy (non-hydrogen) atoms. The van der Waals surface area contributed by atoms with Gasteiger partial charge in [-0.05, 0) is 36.2 Å². The number of para-hydroxylation sites is 1. The first-order valence-corrected chi connectivity index (χ1v) is 9.15. The number of aromatic nitrogens is 1. The minimum Gasteiger partial charge on any atom is -0.493 e. The lowest BCUT2D eigenvalue weighted by Crippen LogP contribution is -2.29. The molecule has 3 aromatic rings. The quantitative estimate of drug-likeness (QED) is 0.661. The van der Waals surface area contributed by atoms with Gasteiger partial charge in [0.2, 0.25) is 5.75 Å². The molecule has 4 rings (SSSR count). The number of hydrogen-bond donors (Lipinski definition) is 0. The lowest BCUT2D eigenvalue weighted by molar-refractivity contribution is 0.0988. The average molecular weight is 399 g/mol. The number of carbonyl (C=O) groups excluding carboxylic acids is 1. The number of carbonyl (C=O) groups is 1. The van der Waals surface area contributed by atoms with Gasteiger partial charge in [-0.1, -0.05) is 23.7 Å². The van der Waals surface area contributed by atoms with Crippen molar-refractivity contribution in [1.82, 2.24) is 4.98 Å². The zero-order chi connectivity index (χ0) is 19.8. The van der Waals surface area contributed by atoms with Crippen LogP contribution in [0.2, 0.25) is 5.02 Å². The Morgan fingerprint density at radius 1 is 1.07 bits per heavy atom. The molecule has 0 radical (unpaired) electrons.